The number of anilines is 1. The highest BCUT2D eigenvalue weighted by molar-refractivity contribution is 5.93. The zero-order valence-electron chi connectivity index (χ0n) is 18.1. The number of amides is 1. The molecule has 0 bridgehead atoms. The van der Waals surface area contributed by atoms with E-state index < -0.39 is 5.91 Å². The third kappa shape index (κ3) is 7.24. The predicted molar refractivity (Wildman–Crippen MR) is 118 cm³/mol. The number of rotatable bonds is 3. The lowest BCUT2D eigenvalue weighted by Gasteiger charge is -2.26. The van der Waals surface area contributed by atoms with Crippen LogP contribution in [-0.2, 0) is 0 Å². The summed E-state index contributed by atoms with van der Waals surface area (Å²) >= 11 is 0. The van der Waals surface area contributed by atoms with Crippen LogP contribution in [0, 0.1) is 24.2 Å². The number of hydroxylamine groups is 1. The van der Waals surface area contributed by atoms with Crippen LogP contribution in [0.1, 0.15) is 62.0 Å². The average Bonchev–Trinajstić information content (AvgIpc) is 3.16. The van der Waals surface area contributed by atoms with Gasteiger partial charge in [-0.2, -0.15) is 5.26 Å². The summed E-state index contributed by atoms with van der Waals surface area (Å²) in [5.74, 6) is 0.249. The van der Waals surface area contributed by atoms with E-state index in [0.717, 1.165) is 35.7 Å². The van der Waals surface area contributed by atoms with Crippen molar-refractivity contribution in [1.82, 2.24) is 5.48 Å². The van der Waals surface area contributed by atoms with Crippen molar-refractivity contribution in [2.45, 2.75) is 53.5 Å². The summed E-state index contributed by atoms with van der Waals surface area (Å²) in [6, 6.07) is 17.6. The van der Waals surface area contributed by atoms with Gasteiger partial charge in [-0.1, -0.05) is 39.8 Å². The fourth-order valence-electron chi connectivity index (χ4n) is 3.44. The third-order valence-electron chi connectivity index (χ3n) is 4.80. The van der Waals surface area contributed by atoms with Crippen molar-refractivity contribution in [3.63, 3.8) is 0 Å². The number of aryl methyl sites for hydroxylation is 1. The number of nitriles is 1. The number of carbonyl (C=O) groups is 1. The number of carbonyl (C=O) groups excluding carboxylic acids is 1. The maximum atomic E-state index is 11.2. The van der Waals surface area contributed by atoms with E-state index in [4.69, 9.17) is 10.5 Å². The molecule has 5 nitrogen and oxygen atoms in total. The van der Waals surface area contributed by atoms with Gasteiger partial charge in [0.1, 0.15) is 0 Å². The predicted octanol–water partition coefficient (Wildman–Crippen LogP) is 5.32. The van der Waals surface area contributed by atoms with Gasteiger partial charge in [0.2, 0.25) is 0 Å². The average molecular weight is 396 g/mol. The van der Waals surface area contributed by atoms with Crippen molar-refractivity contribution in [3.8, 4) is 6.07 Å². The van der Waals surface area contributed by atoms with Gasteiger partial charge in [-0.3, -0.25) is 10.0 Å². The summed E-state index contributed by atoms with van der Waals surface area (Å²) in [6.45, 7) is 11.5. The molecule has 0 spiro atoms. The summed E-state index contributed by atoms with van der Waals surface area (Å²) in [7, 11) is 0. The Bertz CT molecular complexity index is 797. The van der Waals surface area contributed by atoms with Crippen molar-refractivity contribution in [2.24, 2.45) is 5.92 Å². The van der Waals surface area contributed by atoms with Crippen molar-refractivity contribution in [2.75, 3.05) is 11.4 Å². The van der Waals surface area contributed by atoms with Gasteiger partial charge in [0.15, 0.2) is 0 Å². The lowest BCUT2D eigenvalue weighted by molar-refractivity contribution is 0.0706. The maximum absolute atomic E-state index is 11.2. The molecule has 0 aliphatic carbocycles. The smallest absolute Gasteiger partial charge is 0.274 e. The largest absolute Gasteiger partial charge is 0.368 e. The van der Waals surface area contributed by atoms with E-state index in [9.17, 15) is 4.79 Å². The lowest BCUT2D eigenvalue weighted by Crippen LogP contribution is -2.28. The molecule has 2 N–H and O–H groups in total. The Morgan fingerprint density at radius 2 is 1.90 bits per heavy atom. The van der Waals surface area contributed by atoms with Crippen molar-refractivity contribution in [1.29, 1.82) is 5.26 Å². The summed E-state index contributed by atoms with van der Waals surface area (Å²) in [5, 5.41) is 17.0. The molecular formula is C24H33N3O2. The van der Waals surface area contributed by atoms with Crippen LogP contribution in [0.3, 0.4) is 0 Å². The van der Waals surface area contributed by atoms with E-state index in [1.165, 1.54) is 6.42 Å². The quantitative estimate of drug-likeness (QED) is 0.544. The van der Waals surface area contributed by atoms with Gasteiger partial charge < -0.3 is 4.90 Å². The van der Waals surface area contributed by atoms with Crippen molar-refractivity contribution in [3.05, 3.63) is 65.2 Å². The molecule has 0 unspecified atom stereocenters. The zero-order valence-corrected chi connectivity index (χ0v) is 18.1. The van der Waals surface area contributed by atoms with Gasteiger partial charge in [0, 0.05) is 23.8 Å². The molecule has 0 aromatic heterocycles. The van der Waals surface area contributed by atoms with E-state index >= 15 is 0 Å². The van der Waals surface area contributed by atoms with Crippen LogP contribution in [-0.4, -0.2) is 23.7 Å². The second kappa shape index (κ2) is 12.6. The molecule has 1 amide bonds. The van der Waals surface area contributed by atoms with E-state index in [0.29, 0.717) is 11.6 Å². The molecule has 3 rings (SSSR count). The van der Waals surface area contributed by atoms with Gasteiger partial charge in [-0.05, 0) is 67.6 Å². The number of nitrogens with zero attached hydrogens (tertiary/aromatic N) is 2. The van der Waals surface area contributed by atoms with Gasteiger partial charge in [-0.25, -0.2) is 5.48 Å². The zero-order chi connectivity index (χ0) is 21.8. The van der Waals surface area contributed by atoms with Crippen molar-refractivity contribution < 1.29 is 10.0 Å². The topological polar surface area (TPSA) is 76.4 Å². The van der Waals surface area contributed by atoms with Crippen LogP contribution in [0.4, 0.5) is 5.69 Å². The molecule has 2 atom stereocenters. The minimum atomic E-state index is -0.469. The first-order valence-corrected chi connectivity index (χ1v) is 10.3. The molecule has 0 radical (unpaired) electrons. The first-order valence-electron chi connectivity index (χ1n) is 10.3. The lowest BCUT2D eigenvalue weighted by atomic mass is 10.1. The van der Waals surface area contributed by atoms with Gasteiger partial charge in [0.25, 0.3) is 5.91 Å². The van der Waals surface area contributed by atoms with Crippen LogP contribution in [0.25, 0.3) is 0 Å². The van der Waals surface area contributed by atoms with E-state index in [2.05, 4.69) is 24.8 Å². The van der Waals surface area contributed by atoms with Crippen LogP contribution in [0.15, 0.2) is 48.5 Å². The fraction of sp³-hybridized carbons (Fsp3) is 0.417. The summed E-state index contributed by atoms with van der Waals surface area (Å²) in [6.07, 6.45) is 2.37. The molecule has 156 valence electrons. The van der Waals surface area contributed by atoms with Crippen LogP contribution >= 0.6 is 0 Å². The Hall–Kier alpha value is -2.84. The molecule has 1 aliphatic heterocycles. The number of benzene rings is 2. The molecule has 1 fully saturated rings. The second-order valence-corrected chi connectivity index (χ2v) is 7.02. The highest BCUT2D eigenvalue weighted by Crippen LogP contribution is 2.30. The second-order valence-electron chi connectivity index (χ2n) is 7.02. The summed E-state index contributed by atoms with van der Waals surface area (Å²) in [5.41, 5.74) is 5.14. The highest BCUT2D eigenvalue weighted by Gasteiger charge is 2.28. The Balaban J connectivity index is 0.000000321. The highest BCUT2D eigenvalue weighted by atomic mass is 16.5. The van der Waals surface area contributed by atoms with E-state index in [1.54, 1.807) is 23.7 Å². The minimum absolute atomic E-state index is 0.469. The standard InChI is InChI=1S/C14H20N2O2.C8H7N.C2H6/c1-3-12-8-10(2)9-16(12)13-6-4-11(5-7-13)14(17)15-18;1-7-3-2-4-8(5-7)6-9;1-2/h4-7,10,12,18H,3,8-9H2,1-2H3,(H,15,17);2-5H,1H3;1-2H3/t10-,12+;;/m0../s1. The molecule has 29 heavy (non-hydrogen) atoms. The molecular weight excluding hydrogens is 362 g/mol. The Morgan fingerprint density at radius 3 is 2.38 bits per heavy atom. The molecule has 1 saturated heterocycles. The van der Waals surface area contributed by atoms with Crippen LogP contribution in [0.5, 0.6) is 0 Å². The Kier molecular flexibility index (Phi) is 10.5. The van der Waals surface area contributed by atoms with Gasteiger partial charge >= 0.3 is 0 Å². The first kappa shape index (κ1) is 24.2. The molecule has 1 heterocycles. The summed E-state index contributed by atoms with van der Waals surface area (Å²) in [4.78, 5) is 13.7. The SMILES string of the molecule is CC.CC[C@@H]1C[C@H](C)CN1c1ccc(C(=O)NO)cc1.Cc1cccc(C#N)c1. The molecule has 0 saturated carbocycles. The third-order valence-corrected chi connectivity index (χ3v) is 4.80. The number of hydrogen-bond acceptors (Lipinski definition) is 4. The normalized spacial score (nSPS) is 17.2. The number of hydrogen-bond donors (Lipinski definition) is 2. The molecule has 2 aromatic carbocycles. The van der Waals surface area contributed by atoms with Gasteiger partial charge in [0.05, 0.1) is 11.6 Å². The minimum Gasteiger partial charge on any atom is -0.368 e. The first-order chi connectivity index (χ1) is 14.0. The van der Waals surface area contributed by atoms with Crippen LogP contribution in [0.2, 0.25) is 0 Å². The fourth-order valence-corrected chi connectivity index (χ4v) is 3.44. The Labute approximate surface area is 174 Å². The van der Waals surface area contributed by atoms with Gasteiger partial charge in [-0.15, -0.1) is 0 Å². The van der Waals surface area contributed by atoms with E-state index in [-0.39, 0.29) is 0 Å². The van der Waals surface area contributed by atoms with Crippen LogP contribution < -0.4 is 10.4 Å². The monoisotopic (exact) mass is 395 g/mol. The molecule has 1 aliphatic rings. The van der Waals surface area contributed by atoms with Crippen molar-refractivity contribution >= 4 is 11.6 Å². The molecule has 5 heteroatoms. The van der Waals surface area contributed by atoms with E-state index in [1.807, 2.05) is 51.1 Å². The summed E-state index contributed by atoms with van der Waals surface area (Å²) < 4.78 is 0. The number of nitrogens with one attached hydrogen (secondary N) is 1. The Morgan fingerprint density at radius 1 is 1.24 bits per heavy atom. The maximum Gasteiger partial charge on any atom is 0.274 e. The molecule has 2 aromatic rings.